The number of anilines is 2. The first-order chi connectivity index (χ1) is 14.6. The van der Waals surface area contributed by atoms with E-state index in [2.05, 4.69) is 20.6 Å². The van der Waals surface area contributed by atoms with Gasteiger partial charge in [-0.05, 0) is 31.2 Å². The number of rotatable bonds is 6. The molecule has 4 rings (SSSR count). The van der Waals surface area contributed by atoms with Gasteiger partial charge in [-0.3, -0.25) is 14.6 Å². The summed E-state index contributed by atoms with van der Waals surface area (Å²) >= 11 is 0. The highest BCUT2D eigenvalue weighted by Crippen LogP contribution is 2.39. The largest absolute Gasteiger partial charge is 0.394 e. The summed E-state index contributed by atoms with van der Waals surface area (Å²) in [5, 5.41) is 15.4. The molecule has 0 saturated heterocycles. The third-order valence-electron chi connectivity index (χ3n) is 5.28. The van der Waals surface area contributed by atoms with Crippen LogP contribution in [0.3, 0.4) is 0 Å². The summed E-state index contributed by atoms with van der Waals surface area (Å²) in [7, 11) is 0. The second-order valence-electron chi connectivity index (χ2n) is 7.58. The molecule has 2 aromatic heterocycles. The molecule has 0 fully saturated rings. The molecule has 0 aliphatic heterocycles. The smallest absolute Gasteiger partial charge is 0.224 e. The Morgan fingerprint density at radius 2 is 1.93 bits per heavy atom. The molecule has 7 nitrogen and oxygen atoms in total. The molecule has 2 heterocycles. The van der Waals surface area contributed by atoms with Gasteiger partial charge in [-0.2, -0.15) is 0 Å². The van der Waals surface area contributed by atoms with E-state index in [-0.39, 0.29) is 30.8 Å². The number of fused-ring (bicyclic) bond motifs is 1. The molecule has 1 aliphatic rings. The number of hydrogen-bond donors (Lipinski definition) is 4. The van der Waals surface area contributed by atoms with Gasteiger partial charge in [0.15, 0.2) is 5.78 Å². The molecule has 0 saturated carbocycles. The van der Waals surface area contributed by atoms with Crippen LogP contribution in [0.4, 0.5) is 11.4 Å². The summed E-state index contributed by atoms with van der Waals surface area (Å²) in [6.07, 6.45) is 3.97. The Kier molecular flexibility index (Phi) is 5.63. The lowest BCUT2D eigenvalue weighted by atomic mass is 9.85. The van der Waals surface area contributed by atoms with E-state index in [0.717, 1.165) is 28.3 Å². The van der Waals surface area contributed by atoms with Gasteiger partial charge in [0, 0.05) is 48.2 Å². The maximum atomic E-state index is 13.1. The molecular weight excluding hydrogens is 380 g/mol. The van der Waals surface area contributed by atoms with Crippen LogP contribution in [0.5, 0.6) is 0 Å². The molecule has 1 amide bonds. The number of amides is 1. The predicted octanol–water partition coefficient (Wildman–Crippen LogP) is 3.06. The molecule has 0 bridgehead atoms. The minimum absolute atomic E-state index is 0.0805. The third-order valence-corrected chi connectivity index (χ3v) is 5.28. The Labute approximate surface area is 174 Å². The third kappa shape index (κ3) is 3.97. The van der Waals surface area contributed by atoms with Gasteiger partial charge in [0.1, 0.15) is 0 Å². The summed E-state index contributed by atoms with van der Waals surface area (Å²) < 4.78 is 0. The van der Waals surface area contributed by atoms with Crippen LogP contribution >= 0.6 is 0 Å². The molecular formula is C23H24N4O3. The highest BCUT2D eigenvalue weighted by atomic mass is 16.3. The van der Waals surface area contributed by atoms with Crippen LogP contribution in [0.2, 0.25) is 0 Å². The first kappa shape index (κ1) is 19.8. The van der Waals surface area contributed by atoms with Crippen LogP contribution < -0.4 is 10.6 Å². The first-order valence-electron chi connectivity index (χ1n) is 9.98. The van der Waals surface area contributed by atoms with Crippen molar-refractivity contribution < 1.29 is 14.7 Å². The first-order valence-corrected chi connectivity index (χ1v) is 9.98. The van der Waals surface area contributed by atoms with Crippen LogP contribution in [0, 0.1) is 5.92 Å². The van der Waals surface area contributed by atoms with Crippen molar-refractivity contribution in [1.82, 2.24) is 15.3 Å². The van der Waals surface area contributed by atoms with Crippen molar-refractivity contribution in [2.45, 2.75) is 25.8 Å². The second kappa shape index (κ2) is 8.51. The number of para-hydroxylation sites is 1. The van der Waals surface area contributed by atoms with Crippen LogP contribution in [-0.4, -0.2) is 39.4 Å². The summed E-state index contributed by atoms with van der Waals surface area (Å²) in [6.45, 7) is 1.59. The van der Waals surface area contributed by atoms with Gasteiger partial charge in [-0.15, -0.1) is 0 Å². The molecule has 0 spiro atoms. The van der Waals surface area contributed by atoms with E-state index in [0.29, 0.717) is 12.0 Å². The number of nitrogens with zero attached hydrogens (tertiary/aromatic N) is 1. The van der Waals surface area contributed by atoms with Crippen molar-refractivity contribution in [1.29, 1.82) is 0 Å². The van der Waals surface area contributed by atoms with Gasteiger partial charge in [0.2, 0.25) is 5.91 Å². The van der Waals surface area contributed by atoms with Gasteiger partial charge in [0.25, 0.3) is 0 Å². The van der Waals surface area contributed by atoms with Crippen LogP contribution in [0.15, 0.2) is 54.9 Å². The summed E-state index contributed by atoms with van der Waals surface area (Å²) in [4.78, 5) is 33.1. The minimum atomic E-state index is -0.465. The number of benzene rings is 1. The zero-order chi connectivity index (χ0) is 21.1. The average Bonchev–Trinajstić information content (AvgIpc) is 3.13. The van der Waals surface area contributed by atoms with E-state index in [1.165, 1.54) is 0 Å². The molecule has 154 valence electrons. The number of aromatic nitrogens is 2. The fourth-order valence-electron chi connectivity index (χ4n) is 3.77. The fraction of sp³-hybridized carbons (Fsp3) is 0.261. The average molecular weight is 404 g/mol. The summed E-state index contributed by atoms with van der Waals surface area (Å²) in [5.74, 6) is -0.760. The second-order valence-corrected chi connectivity index (χ2v) is 7.58. The predicted molar refractivity (Wildman–Crippen MR) is 115 cm³/mol. The molecule has 1 aliphatic carbocycles. The molecule has 0 radical (unpaired) electrons. The Hall–Kier alpha value is -3.45. The number of carbonyl (C=O) groups excluding carboxylic acids is 2. The molecule has 3 aromatic rings. The Morgan fingerprint density at radius 3 is 2.63 bits per heavy atom. The van der Waals surface area contributed by atoms with Gasteiger partial charge < -0.3 is 20.7 Å². The van der Waals surface area contributed by atoms with Crippen molar-refractivity contribution in [3.05, 3.63) is 66.1 Å². The van der Waals surface area contributed by atoms with E-state index < -0.39 is 5.92 Å². The van der Waals surface area contributed by atoms with E-state index in [1.807, 2.05) is 42.5 Å². The topological polar surface area (TPSA) is 107 Å². The molecule has 2 atom stereocenters. The number of ketones is 1. The molecule has 0 unspecified atom stereocenters. The van der Waals surface area contributed by atoms with Crippen molar-refractivity contribution in [3.63, 3.8) is 0 Å². The normalized spacial score (nSPS) is 16.6. The van der Waals surface area contributed by atoms with Crippen LogP contribution in [-0.2, 0) is 11.2 Å². The standard InChI is InChI=1S/C23H24N4O3/c1-14(13-28)25-23(30)16-11-18-20(19(29)12-16)22(26-17-5-3-2-4-6-17)21(27-18)15-7-9-24-10-8-15/h2-10,14,16,26-28H,11-13H2,1H3,(H,25,30)/t14-,16-/m0/s1. The number of aliphatic hydroxyl groups excluding tert-OH is 1. The number of hydrogen-bond acceptors (Lipinski definition) is 5. The van der Waals surface area contributed by atoms with E-state index in [9.17, 15) is 14.7 Å². The SMILES string of the molecule is C[C@@H](CO)NC(=O)[C@@H]1CC(=O)c2c([nH]c(-c3ccncc3)c2Nc2ccccc2)C1. The van der Waals surface area contributed by atoms with Crippen molar-refractivity contribution in [2.75, 3.05) is 11.9 Å². The Bertz CT molecular complexity index is 1050. The lowest BCUT2D eigenvalue weighted by Crippen LogP contribution is -2.41. The summed E-state index contributed by atoms with van der Waals surface area (Å²) in [5.41, 5.74) is 4.64. The van der Waals surface area contributed by atoms with E-state index in [1.54, 1.807) is 19.3 Å². The van der Waals surface area contributed by atoms with Crippen molar-refractivity contribution in [2.24, 2.45) is 5.92 Å². The van der Waals surface area contributed by atoms with Gasteiger partial charge in [0.05, 0.1) is 29.5 Å². The number of nitrogens with one attached hydrogen (secondary N) is 3. The van der Waals surface area contributed by atoms with Gasteiger partial charge >= 0.3 is 0 Å². The van der Waals surface area contributed by atoms with Crippen LogP contribution in [0.25, 0.3) is 11.3 Å². The number of aliphatic hydroxyl groups is 1. The zero-order valence-corrected chi connectivity index (χ0v) is 16.7. The highest BCUT2D eigenvalue weighted by Gasteiger charge is 2.35. The number of Topliss-reactive ketones (excluding diaryl/α,β-unsaturated/α-hetero) is 1. The Morgan fingerprint density at radius 1 is 1.20 bits per heavy atom. The number of pyridine rings is 1. The van der Waals surface area contributed by atoms with Crippen LogP contribution in [0.1, 0.15) is 29.4 Å². The maximum Gasteiger partial charge on any atom is 0.224 e. The monoisotopic (exact) mass is 404 g/mol. The van der Waals surface area contributed by atoms with Gasteiger partial charge in [-0.25, -0.2) is 0 Å². The lowest BCUT2D eigenvalue weighted by molar-refractivity contribution is -0.126. The fourth-order valence-corrected chi connectivity index (χ4v) is 3.77. The minimum Gasteiger partial charge on any atom is -0.394 e. The molecule has 4 N–H and O–H groups in total. The number of aromatic amines is 1. The molecule has 30 heavy (non-hydrogen) atoms. The lowest BCUT2D eigenvalue weighted by Gasteiger charge is -2.23. The van der Waals surface area contributed by atoms with E-state index >= 15 is 0 Å². The molecule has 1 aromatic carbocycles. The number of carbonyl (C=O) groups is 2. The highest BCUT2D eigenvalue weighted by molar-refractivity contribution is 6.09. The van der Waals surface area contributed by atoms with E-state index in [4.69, 9.17) is 0 Å². The summed E-state index contributed by atoms with van der Waals surface area (Å²) in [6, 6.07) is 13.1. The van der Waals surface area contributed by atoms with Crippen molar-refractivity contribution in [3.8, 4) is 11.3 Å². The van der Waals surface area contributed by atoms with Gasteiger partial charge in [-0.1, -0.05) is 18.2 Å². The maximum absolute atomic E-state index is 13.1. The quantitative estimate of drug-likeness (QED) is 0.505. The molecule has 7 heteroatoms. The van der Waals surface area contributed by atoms with Crippen molar-refractivity contribution >= 4 is 23.1 Å². The number of H-pyrrole nitrogens is 1. The Balaban J connectivity index is 1.72. The zero-order valence-electron chi connectivity index (χ0n) is 16.7.